The van der Waals surface area contributed by atoms with Gasteiger partial charge >= 0.3 is 17.9 Å². The van der Waals surface area contributed by atoms with Crippen LogP contribution in [-0.2, 0) is 19.1 Å². The van der Waals surface area contributed by atoms with Crippen molar-refractivity contribution in [3.8, 4) is 5.75 Å². The molecule has 1 saturated heterocycles. The van der Waals surface area contributed by atoms with Gasteiger partial charge in [0.1, 0.15) is 5.75 Å². The average Bonchev–Trinajstić information content (AvgIpc) is 2.39. The topological polar surface area (TPSA) is 122 Å². The zero-order chi connectivity index (χ0) is 17.4. The number of phenolic OH excluding ortho intramolecular Hbond substituents is 1. The van der Waals surface area contributed by atoms with E-state index in [1.807, 2.05) is 0 Å². The fourth-order valence-electron chi connectivity index (χ4n) is 1.92. The number of aromatic carboxylic acids is 1. The third kappa shape index (κ3) is 3.42. The summed E-state index contributed by atoms with van der Waals surface area (Å²) in [6.45, 7) is 4.41. The van der Waals surface area contributed by atoms with E-state index in [1.165, 1.54) is 19.9 Å². The lowest BCUT2D eigenvalue weighted by atomic mass is 10.1. The minimum atomic E-state index is -1.35. The van der Waals surface area contributed by atoms with E-state index >= 15 is 0 Å². The normalized spacial score (nSPS) is 16.4. The predicted molar refractivity (Wildman–Crippen MR) is 77.8 cm³/mol. The molecule has 0 aromatic heterocycles. The summed E-state index contributed by atoms with van der Waals surface area (Å²) in [5, 5.41) is 21.3. The number of esters is 2. The van der Waals surface area contributed by atoms with E-state index in [1.54, 1.807) is 6.92 Å². The number of phenols is 1. The van der Waals surface area contributed by atoms with E-state index in [4.69, 9.17) is 14.6 Å². The Bertz CT molecular complexity index is 712. The van der Waals surface area contributed by atoms with Crippen LogP contribution in [0, 0.1) is 6.92 Å². The first kappa shape index (κ1) is 16.3. The molecule has 1 aromatic rings. The van der Waals surface area contributed by atoms with Gasteiger partial charge in [0, 0.05) is 20.0 Å². The molecule has 122 valence electrons. The first-order valence-corrected chi connectivity index (χ1v) is 6.61. The Morgan fingerprint density at radius 1 is 1.22 bits per heavy atom. The van der Waals surface area contributed by atoms with E-state index in [0.29, 0.717) is 5.56 Å². The lowest BCUT2D eigenvalue weighted by Gasteiger charge is -2.29. The largest absolute Gasteiger partial charge is 0.508 e. The summed E-state index contributed by atoms with van der Waals surface area (Å²) in [4.78, 5) is 34.8. The summed E-state index contributed by atoms with van der Waals surface area (Å²) in [7, 11) is 0. The third-order valence-corrected chi connectivity index (χ3v) is 3.06. The molecule has 23 heavy (non-hydrogen) atoms. The summed E-state index contributed by atoms with van der Waals surface area (Å²) < 4.78 is 9.84. The molecule has 2 rings (SSSR count). The number of anilines is 1. The van der Waals surface area contributed by atoms with Crippen molar-refractivity contribution < 1.29 is 34.1 Å². The smallest absolute Gasteiger partial charge is 0.350 e. The summed E-state index contributed by atoms with van der Waals surface area (Å²) in [6.07, 6.45) is 1.01. The van der Waals surface area contributed by atoms with Crippen LogP contribution in [0.15, 0.2) is 23.9 Å². The number of carbonyl (C=O) groups excluding carboxylic acids is 2. The summed E-state index contributed by atoms with van der Waals surface area (Å²) in [5.74, 6) is -4.58. The molecule has 0 radical (unpaired) electrons. The number of cyclic esters (lactones) is 2. The SMILES string of the molecule is Cc1cc(NC=C2C(=O)OC(C)(C)OC2=O)c(C(=O)O)cc1O. The minimum absolute atomic E-state index is 0.103. The van der Waals surface area contributed by atoms with Crippen molar-refractivity contribution in [1.29, 1.82) is 0 Å². The van der Waals surface area contributed by atoms with Crippen LogP contribution in [-0.4, -0.2) is 33.9 Å². The third-order valence-electron chi connectivity index (χ3n) is 3.06. The molecular formula is C15H15NO7. The molecule has 1 aromatic carbocycles. The number of rotatable bonds is 3. The van der Waals surface area contributed by atoms with Crippen LogP contribution in [0.3, 0.4) is 0 Å². The van der Waals surface area contributed by atoms with Crippen molar-refractivity contribution in [2.45, 2.75) is 26.6 Å². The van der Waals surface area contributed by atoms with Crippen LogP contribution in [0.5, 0.6) is 5.75 Å². The van der Waals surface area contributed by atoms with E-state index in [2.05, 4.69) is 5.32 Å². The van der Waals surface area contributed by atoms with Crippen LogP contribution in [0.2, 0.25) is 0 Å². The van der Waals surface area contributed by atoms with Crippen LogP contribution in [0.1, 0.15) is 29.8 Å². The van der Waals surface area contributed by atoms with Gasteiger partial charge in [-0.25, -0.2) is 14.4 Å². The quantitative estimate of drug-likeness (QED) is 0.331. The van der Waals surface area contributed by atoms with Gasteiger partial charge in [0.2, 0.25) is 0 Å². The van der Waals surface area contributed by atoms with Gasteiger partial charge in [-0.3, -0.25) is 0 Å². The molecule has 0 bridgehead atoms. The minimum Gasteiger partial charge on any atom is -0.508 e. The van der Waals surface area contributed by atoms with Crippen molar-refractivity contribution in [1.82, 2.24) is 0 Å². The maximum absolute atomic E-state index is 11.8. The number of nitrogens with one attached hydrogen (secondary N) is 1. The van der Waals surface area contributed by atoms with Gasteiger partial charge in [0.05, 0.1) is 11.3 Å². The fourth-order valence-corrected chi connectivity index (χ4v) is 1.92. The maximum Gasteiger partial charge on any atom is 0.350 e. The molecule has 0 atom stereocenters. The monoisotopic (exact) mass is 321 g/mol. The highest BCUT2D eigenvalue weighted by Crippen LogP contribution is 2.27. The van der Waals surface area contributed by atoms with Crippen LogP contribution in [0.25, 0.3) is 0 Å². The molecule has 8 nitrogen and oxygen atoms in total. The highest BCUT2D eigenvalue weighted by molar-refractivity contribution is 6.15. The molecule has 1 fully saturated rings. The van der Waals surface area contributed by atoms with Crippen LogP contribution >= 0.6 is 0 Å². The molecule has 0 spiro atoms. The van der Waals surface area contributed by atoms with Crippen molar-refractivity contribution in [3.05, 3.63) is 35.0 Å². The Labute approximate surface area is 131 Å². The number of carboxylic acids is 1. The first-order valence-electron chi connectivity index (χ1n) is 6.61. The lowest BCUT2D eigenvalue weighted by Crippen LogP contribution is -2.42. The Morgan fingerprint density at radius 3 is 2.30 bits per heavy atom. The van der Waals surface area contributed by atoms with Gasteiger partial charge in [-0.05, 0) is 24.6 Å². The number of aryl methyl sites for hydroxylation is 1. The molecule has 1 heterocycles. The van der Waals surface area contributed by atoms with Gasteiger partial charge in [-0.1, -0.05) is 0 Å². The molecule has 1 aliphatic heterocycles. The fraction of sp³-hybridized carbons (Fsp3) is 0.267. The van der Waals surface area contributed by atoms with E-state index in [9.17, 15) is 19.5 Å². The second-order valence-corrected chi connectivity index (χ2v) is 5.37. The summed E-state index contributed by atoms with van der Waals surface area (Å²) in [5.41, 5.74) is -0.0919. The molecular weight excluding hydrogens is 306 g/mol. The highest BCUT2D eigenvalue weighted by Gasteiger charge is 2.39. The van der Waals surface area contributed by atoms with Gasteiger partial charge in [0.15, 0.2) is 5.57 Å². The highest BCUT2D eigenvalue weighted by atomic mass is 16.7. The second kappa shape index (κ2) is 5.64. The number of hydrogen-bond donors (Lipinski definition) is 3. The number of ether oxygens (including phenoxy) is 2. The number of benzene rings is 1. The first-order chi connectivity index (χ1) is 10.6. The molecule has 8 heteroatoms. The molecule has 0 unspecified atom stereocenters. The Morgan fingerprint density at radius 2 is 1.78 bits per heavy atom. The van der Waals surface area contributed by atoms with Crippen molar-refractivity contribution in [3.63, 3.8) is 0 Å². The summed E-state index contributed by atoms with van der Waals surface area (Å²) in [6, 6.07) is 2.44. The van der Waals surface area contributed by atoms with Gasteiger partial charge in [0.25, 0.3) is 5.79 Å². The van der Waals surface area contributed by atoms with Crippen molar-refractivity contribution in [2.75, 3.05) is 5.32 Å². The van der Waals surface area contributed by atoms with Crippen molar-refractivity contribution in [2.24, 2.45) is 0 Å². The zero-order valence-electron chi connectivity index (χ0n) is 12.7. The molecule has 0 amide bonds. The van der Waals surface area contributed by atoms with Crippen LogP contribution < -0.4 is 5.32 Å². The maximum atomic E-state index is 11.8. The molecule has 0 saturated carbocycles. The number of carboxylic acid groups (broad SMARTS) is 1. The van der Waals surface area contributed by atoms with E-state index in [-0.39, 0.29) is 17.0 Å². The lowest BCUT2D eigenvalue weighted by molar-refractivity contribution is -0.222. The second-order valence-electron chi connectivity index (χ2n) is 5.37. The van der Waals surface area contributed by atoms with Gasteiger partial charge in [-0.2, -0.15) is 0 Å². The number of carbonyl (C=O) groups is 3. The zero-order valence-corrected chi connectivity index (χ0v) is 12.7. The standard InChI is InChI=1S/C15H15NO7/c1-7-4-10(8(12(18)19)5-11(7)17)16-6-9-13(20)22-15(2,3)23-14(9)21/h4-6,16-17H,1-3H3,(H,18,19). The van der Waals surface area contributed by atoms with Crippen LogP contribution in [0.4, 0.5) is 5.69 Å². The summed E-state index contributed by atoms with van der Waals surface area (Å²) >= 11 is 0. The average molecular weight is 321 g/mol. The molecule has 3 N–H and O–H groups in total. The predicted octanol–water partition coefficient (Wildman–Crippen LogP) is 1.53. The van der Waals surface area contributed by atoms with E-state index in [0.717, 1.165) is 12.3 Å². The Hall–Kier alpha value is -3.03. The van der Waals surface area contributed by atoms with E-state index < -0.39 is 29.3 Å². The Kier molecular flexibility index (Phi) is 4.00. The number of hydrogen-bond acceptors (Lipinski definition) is 7. The molecule has 0 aliphatic carbocycles. The molecule has 1 aliphatic rings. The Balaban J connectivity index is 2.33. The van der Waals surface area contributed by atoms with Gasteiger partial charge in [-0.15, -0.1) is 0 Å². The number of aromatic hydroxyl groups is 1. The van der Waals surface area contributed by atoms with Crippen molar-refractivity contribution >= 4 is 23.6 Å². The van der Waals surface area contributed by atoms with Gasteiger partial charge < -0.3 is 25.0 Å².